The van der Waals surface area contributed by atoms with Gasteiger partial charge in [0, 0.05) is 29.7 Å². The molecule has 1 aliphatic rings. The van der Waals surface area contributed by atoms with Crippen molar-refractivity contribution in [1.82, 2.24) is 14.9 Å². The number of halogens is 1. The van der Waals surface area contributed by atoms with Gasteiger partial charge in [-0.25, -0.2) is 4.98 Å². The van der Waals surface area contributed by atoms with Gasteiger partial charge in [-0.2, -0.15) is 4.98 Å². The molecule has 1 N–H and O–H groups in total. The molecule has 4 rings (SSSR count). The van der Waals surface area contributed by atoms with Gasteiger partial charge in [0.2, 0.25) is 5.28 Å². The molecule has 26 heavy (non-hydrogen) atoms. The fourth-order valence-electron chi connectivity index (χ4n) is 3.26. The van der Waals surface area contributed by atoms with Gasteiger partial charge in [-0.15, -0.1) is 0 Å². The maximum Gasteiger partial charge on any atom is 0.253 e. The second-order valence-corrected chi connectivity index (χ2v) is 6.75. The number of nitrogens with one attached hydrogen (secondary N) is 1. The number of hydrogen-bond acceptors (Lipinski definition) is 4. The van der Waals surface area contributed by atoms with Crippen molar-refractivity contribution in [2.75, 3.05) is 18.4 Å². The summed E-state index contributed by atoms with van der Waals surface area (Å²) < 4.78 is 0. The van der Waals surface area contributed by atoms with E-state index in [0.717, 1.165) is 42.5 Å². The van der Waals surface area contributed by atoms with Crippen LogP contribution < -0.4 is 5.32 Å². The van der Waals surface area contributed by atoms with E-state index in [2.05, 4.69) is 15.3 Å². The standard InChI is InChI=1S/C20H19ClN4O/c21-20-23-17-7-3-2-6-16(17)18(24-20)22-15-10-8-14(9-11-15)19(26)25-12-4-1-5-13-25/h2-3,6-11H,1,4-5,12-13H2,(H,22,23,24). The molecule has 6 heteroatoms. The lowest BCUT2D eigenvalue weighted by molar-refractivity contribution is 0.0724. The van der Waals surface area contributed by atoms with E-state index in [9.17, 15) is 4.79 Å². The van der Waals surface area contributed by atoms with Crippen molar-refractivity contribution in [1.29, 1.82) is 0 Å². The van der Waals surface area contributed by atoms with Gasteiger partial charge >= 0.3 is 0 Å². The molecular formula is C20H19ClN4O. The summed E-state index contributed by atoms with van der Waals surface area (Å²) in [6.45, 7) is 1.70. The molecule has 0 aliphatic carbocycles. The number of nitrogens with zero attached hydrogens (tertiary/aromatic N) is 3. The summed E-state index contributed by atoms with van der Waals surface area (Å²) in [6, 6.07) is 15.2. The Bertz CT molecular complexity index is 936. The predicted molar refractivity (Wildman–Crippen MR) is 104 cm³/mol. The molecule has 0 saturated carbocycles. The number of carbonyl (C=O) groups excluding carboxylic acids is 1. The van der Waals surface area contributed by atoms with E-state index >= 15 is 0 Å². The molecule has 0 atom stereocenters. The second-order valence-electron chi connectivity index (χ2n) is 6.41. The zero-order valence-electron chi connectivity index (χ0n) is 14.3. The summed E-state index contributed by atoms with van der Waals surface area (Å²) in [5.74, 6) is 0.752. The van der Waals surface area contributed by atoms with E-state index in [1.165, 1.54) is 6.42 Å². The molecule has 1 aromatic heterocycles. The molecule has 1 saturated heterocycles. The van der Waals surface area contributed by atoms with Crippen molar-refractivity contribution in [2.45, 2.75) is 19.3 Å². The first-order valence-corrected chi connectivity index (χ1v) is 9.17. The lowest BCUT2D eigenvalue weighted by atomic mass is 10.1. The Hall–Kier alpha value is -2.66. The number of benzene rings is 2. The topological polar surface area (TPSA) is 58.1 Å². The summed E-state index contributed by atoms with van der Waals surface area (Å²) >= 11 is 6.03. The monoisotopic (exact) mass is 366 g/mol. The van der Waals surface area contributed by atoms with Gasteiger partial charge in [-0.3, -0.25) is 4.79 Å². The number of para-hydroxylation sites is 1. The first-order chi connectivity index (χ1) is 12.7. The molecule has 1 aliphatic heterocycles. The molecule has 1 amide bonds. The smallest absolute Gasteiger partial charge is 0.253 e. The van der Waals surface area contributed by atoms with Crippen molar-refractivity contribution in [3.63, 3.8) is 0 Å². The molecular weight excluding hydrogens is 348 g/mol. The fraction of sp³-hybridized carbons (Fsp3) is 0.250. The molecule has 132 valence electrons. The summed E-state index contributed by atoms with van der Waals surface area (Å²) in [5.41, 5.74) is 2.34. The van der Waals surface area contributed by atoms with Crippen LogP contribution in [0.2, 0.25) is 5.28 Å². The molecule has 3 aromatic rings. The van der Waals surface area contributed by atoms with Gasteiger partial charge in [0.15, 0.2) is 0 Å². The lowest BCUT2D eigenvalue weighted by Gasteiger charge is -2.26. The number of rotatable bonds is 3. The Morgan fingerprint density at radius 1 is 0.962 bits per heavy atom. The summed E-state index contributed by atoms with van der Waals surface area (Å²) in [5, 5.41) is 4.36. The van der Waals surface area contributed by atoms with Crippen LogP contribution >= 0.6 is 11.6 Å². The van der Waals surface area contributed by atoms with Crippen molar-refractivity contribution < 1.29 is 4.79 Å². The van der Waals surface area contributed by atoms with Gasteiger partial charge in [-0.05, 0) is 67.3 Å². The van der Waals surface area contributed by atoms with E-state index < -0.39 is 0 Å². The van der Waals surface area contributed by atoms with Crippen molar-refractivity contribution in [3.05, 3.63) is 59.4 Å². The minimum absolute atomic E-state index is 0.104. The highest BCUT2D eigenvalue weighted by Crippen LogP contribution is 2.25. The minimum Gasteiger partial charge on any atom is -0.340 e. The molecule has 0 bridgehead atoms. The largest absolute Gasteiger partial charge is 0.340 e. The molecule has 5 nitrogen and oxygen atoms in total. The van der Waals surface area contributed by atoms with E-state index in [1.54, 1.807) is 0 Å². The number of likely N-dealkylation sites (tertiary alicyclic amines) is 1. The van der Waals surface area contributed by atoms with Crippen LogP contribution in [0.1, 0.15) is 29.6 Å². The number of hydrogen-bond donors (Lipinski definition) is 1. The number of piperidine rings is 1. The summed E-state index contributed by atoms with van der Waals surface area (Å²) in [6.07, 6.45) is 3.39. The second kappa shape index (κ2) is 7.30. The predicted octanol–water partition coefficient (Wildman–Crippen LogP) is 4.65. The van der Waals surface area contributed by atoms with Gasteiger partial charge in [0.1, 0.15) is 5.82 Å². The first kappa shape index (κ1) is 16.8. The van der Waals surface area contributed by atoms with Crippen LogP contribution in [0.4, 0.5) is 11.5 Å². The van der Waals surface area contributed by atoms with Gasteiger partial charge in [-0.1, -0.05) is 12.1 Å². The molecule has 2 heterocycles. The normalized spacial score (nSPS) is 14.4. The maximum absolute atomic E-state index is 12.6. The quantitative estimate of drug-likeness (QED) is 0.685. The Balaban J connectivity index is 1.55. The fourth-order valence-corrected chi connectivity index (χ4v) is 3.43. The minimum atomic E-state index is 0.104. The van der Waals surface area contributed by atoms with Gasteiger partial charge in [0.05, 0.1) is 5.52 Å². The number of carbonyl (C=O) groups is 1. The number of amides is 1. The van der Waals surface area contributed by atoms with E-state index in [-0.39, 0.29) is 11.2 Å². The maximum atomic E-state index is 12.6. The highest BCUT2D eigenvalue weighted by molar-refractivity contribution is 6.28. The molecule has 1 fully saturated rings. The van der Waals surface area contributed by atoms with Crippen molar-refractivity contribution >= 4 is 39.9 Å². The van der Waals surface area contributed by atoms with Gasteiger partial charge < -0.3 is 10.2 Å². The zero-order chi connectivity index (χ0) is 17.9. The molecule has 0 radical (unpaired) electrons. The Labute approximate surface area is 157 Å². The zero-order valence-corrected chi connectivity index (χ0v) is 15.0. The van der Waals surface area contributed by atoms with E-state index in [0.29, 0.717) is 11.4 Å². The van der Waals surface area contributed by atoms with E-state index in [1.807, 2.05) is 53.4 Å². The number of fused-ring (bicyclic) bond motifs is 1. The molecule has 0 unspecified atom stereocenters. The third kappa shape index (κ3) is 3.48. The Morgan fingerprint density at radius 2 is 1.69 bits per heavy atom. The lowest BCUT2D eigenvalue weighted by Crippen LogP contribution is -2.35. The van der Waals surface area contributed by atoms with Crippen LogP contribution in [0.3, 0.4) is 0 Å². The van der Waals surface area contributed by atoms with Crippen LogP contribution in [0, 0.1) is 0 Å². The van der Waals surface area contributed by atoms with Crippen molar-refractivity contribution in [2.24, 2.45) is 0 Å². The highest BCUT2D eigenvalue weighted by Gasteiger charge is 2.18. The van der Waals surface area contributed by atoms with Crippen LogP contribution in [-0.4, -0.2) is 33.9 Å². The first-order valence-electron chi connectivity index (χ1n) is 8.79. The Morgan fingerprint density at radius 3 is 2.46 bits per heavy atom. The van der Waals surface area contributed by atoms with Gasteiger partial charge in [0.25, 0.3) is 5.91 Å². The van der Waals surface area contributed by atoms with Crippen LogP contribution in [0.15, 0.2) is 48.5 Å². The van der Waals surface area contributed by atoms with E-state index in [4.69, 9.17) is 11.6 Å². The average Bonchev–Trinajstić information content (AvgIpc) is 2.68. The SMILES string of the molecule is O=C(c1ccc(Nc2nc(Cl)nc3ccccc23)cc1)N1CCCCC1. The third-order valence-corrected chi connectivity index (χ3v) is 4.78. The highest BCUT2D eigenvalue weighted by atomic mass is 35.5. The third-order valence-electron chi connectivity index (χ3n) is 4.61. The summed E-state index contributed by atoms with van der Waals surface area (Å²) in [7, 11) is 0. The number of anilines is 2. The summed E-state index contributed by atoms with van der Waals surface area (Å²) in [4.78, 5) is 23.0. The molecule has 2 aromatic carbocycles. The molecule has 0 spiro atoms. The Kier molecular flexibility index (Phi) is 4.71. The van der Waals surface area contributed by atoms with Crippen LogP contribution in [0.5, 0.6) is 0 Å². The average molecular weight is 367 g/mol. The van der Waals surface area contributed by atoms with Crippen LogP contribution in [0.25, 0.3) is 10.9 Å². The number of aromatic nitrogens is 2. The van der Waals surface area contributed by atoms with Crippen LogP contribution in [-0.2, 0) is 0 Å². The van der Waals surface area contributed by atoms with Crippen molar-refractivity contribution in [3.8, 4) is 0 Å².